The molecule has 3 aromatic heterocycles. The van der Waals surface area contributed by atoms with Gasteiger partial charge in [-0.15, -0.1) is 11.3 Å². The molecule has 0 saturated heterocycles. The molecule has 0 amide bonds. The third-order valence-corrected chi connectivity index (χ3v) is 4.24. The minimum Gasteiger partial charge on any atom is -0.301 e. The van der Waals surface area contributed by atoms with Crippen LogP contribution in [0.1, 0.15) is 11.8 Å². The van der Waals surface area contributed by atoms with Crippen molar-refractivity contribution in [2.24, 2.45) is 0 Å². The zero-order valence-corrected chi connectivity index (χ0v) is 11.8. The number of hydrogen-bond acceptors (Lipinski definition) is 6. The number of rotatable bonds is 3. The second kappa shape index (κ2) is 5.06. The summed E-state index contributed by atoms with van der Waals surface area (Å²) in [5.41, 5.74) is -1.10. The average molecular weight is 302 g/mol. The van der Waals surface area contributed by atoms with Gasteiger partial charge >= 0.3 is 5.69 Å². The molecular formula is C13H10N4O3S. The molecule has 7 nitrogen and oxygen atoms in total. The van der Waals surface area contributed by atoms with E-state index in [1.54, 1.807) is 11.3 Å². The molecule has 0 unspecified atom stereocenters. The maximum absolute atomic E-state index is 11.5. The van der Waals surface area contributed by atoms with Crippen LogP contribution in [0.4, 0.5) is 5.69 Å². The molecule has 0 N–H and O–H groups in total. The molecule has 21 heavy (non-hydrogen) atoms. The molecule has 0 bridgehead atoms. The van der Waals surface area contributed by atoms with Crippen LogP contribution in [0, 0.1) is 10.1 Å². The average Bonchev–Trinajstić information content (AvgIpc) is 2.90. The van der Waals surface area contributed by atoms with Crippen molar-refractivity contribution in [2.45, 2.75) is 13.3 Å². The smallest absolute Gasteiger partial charge is 0.301 e. The molecule has 8 heteroatoms. The number of thiophene rings is 1. The number of nitrogens with zero attached hydrogens (tertiary/aromatic N) is 4. The quantitative estimate of drug-likeness (QED) is 0.547. The van der Waals surface area contributed by atoms with Gasteiger partial charge in [0.15, 0.2) is 0 Å². The topological polar surface area (TPSA) is 90.9 Å². The summed E-state index contributed by atoms with van der Waals surface area (Å²) >= 11 is 1.56. The predicted octanol–water partition coefficient (Wildman–Crippen LogP) is 2.31. The zero-order valence-electron chi connectivity index (χ0n) is 11.0. The number of aryl methyl sites for hydroxylation is 1. The van der Waals surface area contributed by atoms with Crippen LogP contribution >= 0.6 is 11.3 Å². The third-order valence-electron chi connectivity index (χ3n) is 3.05. The van der Waals surface area contributed by atoms with Crippen LogP contribution in [0.3, 0.4) is 0 Å². The van der Waals surface area contributed by atoms with Crippen molar-refractivity contribution in [3.8, 4) is 5.82 Å². The second-order valence-corrected chi connectivity index (χ2v) is 5.46. The minimum atomic E-state index is -0.692. The van der Waals surface area contributed by atoms with Gasteiger partial charge in [0.25, 0.3) is 5.43 Å². The van der Waals surface area contributed by atoms with Gasteiger partial charge in [-0.25, -0.2) is 9.97 Å². The van der Waals surface area contributed by atoms with Crippen LogP contribution in [0.2, 0.25) is 0 Å². The first-order valence-corrected chi connectivity index (χ1v) is 7.02. The molecule has 3 rings (SSSR count). The fourth-order valence-electron chi connectivity index (χ4n) is 2.01. The van der Waals surface area contributed by atoms with E-state index >= 15 is 0 Å². The molecule has 3 aromatic rings. The maximum Gasteiger partial charge on any atom is 0.332 e. The summed E-state index contributed by atoms with van der Waals surface area (Å²) in [6.07, 6.45) is 4.95. The molecule has 0 aliphatic rings. The van der Waals surface area contributed by atoms with Gasteiger partial charge in [-0.1, -0.05) is 6.92 Å². The van der Waals surface area contributed by atoms with Gasteiger partial charge in [0.2, 0.25) is 0 Å². The SMILES string of the molecule is CCc1cc2c(-n3ccc(=O)c([N+](=O)[O-])c3)ncnc2s1. The van der Waals surface area contributed by atoms with Gasteiger partial charge in [0.05, 0.1) is 16.5 Å². The van der Waals surface area contributed by atoms with Crippen LogP contribution in [0.25, 0.3) is 16.0 Å². The lowest BCUT2D eigenvalue weighted by Gasteiger charge is -2.05. The molecular weight excluding hydrogens is 292 g/mol. The molecule has 0 aliphatic carbocycles. The van der Waals surface area contributed by atoms with E-state index in [0.29, 0.717) is 5.82 Å². The lowest BCUT2D eigenvalue weighted by Crippen LogP contribution is -2.10. The number of fused-ring (bicyclic) bond motifs is 1. The van der Waals surface area contributed by atoms with E-state index in [1.165, 1.54) is 29.4 Å². The third kappa shape index (κ3) is 2.29. The number of nitro groups is 1. The predicted molar refractivity (Wildman–Crippen MR) is 79.0 cm³/mol. The van der Waals surface area contributed by atoms with Crippen molar-refractivity contribution in [3.05, 3.63) is 56.1 Å². The minimum absolute atomic E-state index is 0.477. The van der Waals surface area contributed by atoms with Crippen LogP contribution < -0.4 is 5.43 Å². The van der Waals surface area contributed by atoms with E-state index < -0.39 is 16.0 Å². The lowest BCUT2D eigenvalue weighted by molar-refractivity contribution is -0.386. The van der Waals surface area contributed by atoms with E-state index in [1.807, 2.05) is 13.0 Å². The first-order chi connectivity index (χ1) is 10.1. The van der Waals surface area contributed by atoms with Gasteiger partial charge in [-0.05, 0) is 12.5 Å². The van der Waals surface area contributed by atoms with Crippen molar-refractivity contribution in [2.75, 3.05) is 0 Å². The van der Waals surface area contributed by atoms with Gasteiger partial charge in [0, 0.05) is 17.1 Å². The Morgan fingerprint density at radius 1 is 1.43 bits per heavy atom. The maximum atomic E-state index is 11.5. The monoisotopic (exact) mass is 302 g/mol. The van der Waals surface area contributed by atoms with E-state index in [0.717, 1.165) is 21.5 Å². The summed E-state index contributed by atoms with van der Waals surface area (Å²) in [6.45, 7) is 2.04. The fraction of sp³-hybridized carbons (Fsp3) is 0.154. The largest absolute Gasteiger partial charge is 0.332 e. The number of hydrogen-bond donors (Lipinski definition) is 0. The van der Waals surface area contributed by atoms with Gasteiger partial charge < -0.3 is 4.57 Å². The molecule has 0 fully saturated rings. The molecule has 0 saturated carbocycles. The van der Waals surface area contributed by atoms with Crippen molar-refractivity contribution in [1.29, 1.82) is 0 Å². The lowest BCUT2D eigenvalue weighted by atomic mass is 10.3. The molecule has 3 heterocycles. The summed E-state index contributed by atoms with van der Waals surface area (Å²) < 4.78 is 1.48. The molecule has 0 atom stereocenters. The first kappa shape index (κ1) is 13.4. The number of pyridine rings is 1. The van der Waals surface area contributed by atoms with E-state index in [4.69, 9.17) is 0 Å². The highest BCUT2D eigenvalue weighted by molar-refractivity contribution is 7.18. The summed E-state index contributed by atoms with van der Waals surface area (Å²) in [4.78, 5) is 32.0. The Labute approximate surface area is 122 Å². The molecule has 106 valence electrons. The van der Waals surface area contributed by atoms with Crippen molar-refractivity contribution < 1.29 is 4.92 Å². The number of aromatic nitrogens is 3. The van der Waals surface area contributed by atoms with Crippen LogP contribution in [0.15, 0.2) is 35.6 Å². The van der Waals surface area contributed by atoms with E-state index in [2.05, 4.69) is 9.97 Å². The van der Waals surface area contributed by atoms with Gasteiger partial charge in [0.1, 0.15) is 17.0 Å². The van der Waals surface area contributed by atoms with Gasteiger partial charge in [-0.2, -0.15) is 0 Å². The van der Waals surface area contributed by atoms with Crippen LogP contribution in [-0.4, -0.2) is 19.5 Å². The Morgan fingerprint density at radius 3 is 2.95 bits per heavy atom. The first-order valence-electron chi connectivity index (χ1n) is 6.20. The second-order valence-electron chi connectivity index (χ2n) is 4.34. The Balaban J connectivity index is 2.25. The van der Waals surface area contributed by atoms with Crippen molar-refractivity contribution >= 4 is 27.2 Å². The van der Waals surface area contributed by atoms with Crippen molar-refractivity contribution in [3.63, 3.8) is 0 Å². The van der Waals surface area contributed by atoms with Crippen LogP contribution in [0.5, 0.6) is 0 Å². The highest BCUT2D eigenvalue weighted by Crippen LogP contribution is 2.27. The standard InChI is InChI=1S/C13H10N4O3S/c1-2-8-5-9-12(14-7-15-13(9)21-8)16-4-3-11(18)10(6-16)17(19)20/h3-7H,2H2,1H3. The summed E-state index contributed by atoms with van der Waals surface area (Å²) in [5, 5.41) is 11.7. The summed E-state index contributed by atoms with van der Waals surface area (Å²) in [6, 6.07) is 3.14. The summed E-state index contributed by atoms with van der Waals surface area (Å²) in [5.74, 6) is 0.527. The highest BCUT2D eigenvalue weighted by atomic mass is 32.1. The van der Waals surface area contributed by atoms with Gasteiger partial charge in [-0.3, -0.25) is 14.9 Å². The zero-order chi connectivity index (χ0) is 15.0. The Kier molecular flexibility index (Phi) is 3.22. The van der Waals surface area contributed by atoms with Crippen LogP contribution in [-0.2, 0) is 6.42 Å². The van der Waals surface area contributed by atoms with E-state index in [-0.39, 0.29) is 0 Å². The highest BCUT2D eigenvalue weighted by Gasteiger charge is 2.15. The fourth-order valence-corrected chi connectivity index (χ4v) is 2.94. The Bertz CT molecular complexity index is 900. The molecule has 0 aromatic carbocycles. The molecule has 0 aliphatic heterocycles. The van der Waals surface area contributed by atoms with E-state index in [9.17, 15) is 14.9 Å². The Morgan fingerprint density at radius 2 is 2.24 bits per heavy atom. The Hall–Kier alpha value is -2.61. The normalized spacial score (nSPS) is 10.9. The van der Waals surface area contributed by atoms with Crippen molar-refractivity contribution in [1.82, 2.24) is 14.5 Å². The molecule has 0 radical (unpaired) electrons. The molecule has 0 spiro atoms. The summed E-state index contributed by atoms with van der Waals surface area (Å²) in [7, 11) is 0.